The highest BCUT2D eigenvalue weighted by molar-refractivity contribution is 9.10. The molecule has 1 aromatic carbocycles. The minimum Gasteiger partial charge on any atom is -0.480 e. The molecule has 0 saturated carbocycles. The third kappa shape index (κ3) is 3.43. The van der Waals surface area contributed by atoms with Crippen LogP contribution in [-0.2, 0) is 4.74 Å². The normalized spacial score (nSPS) is 15.3. The fourth-order valence-electron chi connectivity index (χ4n) is 2.53. The number of ether oxygens (including phenoxy) is 2. The van der Waals surface area contributed by atoms with Gasteiger partial charge in [0.2, 0.25) is 5.88 Å². The maximum absolute atomic E-state index is 12.0. The van der Waals surface area contributed by atoms with E-state index in [1.54, 1.807) is 16.8 Å². The van der Waals surface area contributed by atoms with E-state index in [4.69, 9.17) is 9.47 Å². The van der Waals surface area contributed by atoms with Crippen LogP contribution in [-0.4, -0.2) is 52.7 Å². The summed E-state index contributed by atoms with van der Waals surface area (Å²) in [4.78, 5) is 15.3. The summed E-state index contributed by atoms with van der Waals surface area (Å²) in [6.45, 7) is 6.71. The summed E-state index contributed by atoms with van der Waals surface area (Å²) in [5.74, 6) is 0.641. The van der Waals surface area contributed by atoms with Gasteiger partial charge >= 0.3 is 6.09 Å². The number of methoxy groups -OCH3 is 1. The summed E-state index contributed by atoms with van der Waals surface area (Å²) in [5.41, 5.74) is 3.63. The Morgan fingerprint density at radius 1 is 1.38 bits per heavy atom. The standard InChI is InChI=1S/C16H21BrN4O3/c1-16(2,3)24-15(22)20-8-11(9-20)18-21-14(23-4)12-7-10(17)5-6-13(12)19-21/h5-7,11,18H,8-9H2,1-4H3. The van der Waals surface area contributed by atoms with Crippen LogP contribution in [0.1, 0.15) is 20.8 Å². The Balaban J connectivity index is 1.66. The third-order valence-electron chi connectivity index (χ3n) is 3.62. The van der Waals surface area contributed by atoms with E-state index >= 15 is 0 Å². The number of amides is 1. The van der Waals surface area contributed by atoms with Crippen LogP contribution >= 0.6 is 15.9 Å². The molecule has 1 aliphatic heterocycles. The van der Waals surface area contributed by atoms with E-state index in [9.17, 15) is 4.79 Å². The molecule has 3 rings (SSSR count). The molecule has 1 saturated heterocycles. The van der Waals surface area contributed by atoms with Crippen LogP contribution in [0.3, 0.4) is 0 Å². The Morgan fingerprint density at radius 3 is 2.71 bits per heavy atom. The van der Waals surface area contributed by atoms with Crippen LogP contribution in [0.2, 0.25) is 0 Å². The molecule has 8 heteroatoms. The first-order valence-corrected chi connectivity index (χ1v) is 8.53. The second-order valence-corrected chi connectivity index (χ2v) is 7.71. The molecule has 0 unspecified atom stereocenters. The van der Waals surface area contributed by atoms with Crippen molar-refractivity contribution in [2.24, 2.45) is 0 Å². The molecule has 0 atom stereocenters. The van der Waals surface area contributed by atoms with E-state index in [0.717, 1.165) is 15.4 Å². The summed E-state index contributed by atoms with van der Waals surface area (Å²) in [6, 6.07) is 5.93. The van der Waals surface area contributed by atoms with Gasteiger partial charge in [-0.25, -0.2) is 4.79 Å². The Kier molecular flexibility index (Phi) is 4.33. The van der Waals surface area contributed by atoms with Crippen molar-refractivity contribution in [3.63, 3.8) is 0 Å². The zero-order valence-corrected chi connectivity index (χ0v) is 15.8. The van der Waals surface area contributed by atoms with E-state index in [0.29, 0.717) is 19.0 Å². The summed E-state index contributed by atoms with van der Waals surface area (Å²) in [7, 11) is 1.61. The first kappa shape index (κ1) is 16.9. The monoisotopic (exact) mass is 396 g/mol. The van der Waals surface area contributed by atoms with Crippen LogP contribution in [0.5, 0.6) is 5.88 Å². The number of rotatable bonds is 3. The zero-order chi connectivity index (χ0) is 17.5. The van der Waals surface area contributed by atoms with Gasteiger partial charge in [-0.3, -0.25) is 5.43 Å². The highest BCUT2D eigenvalue weighted by atomic mass is 79.9. The largest absolute Gasteiger partial charge is 0.480 e. The second kappa shape index (κ2) is 6.16. The molecule has 0 bridgehead atoms. The minimum atomic E-state index is -0.480. The van der Waals surface area contributed by atoms with Gasteiger partial charge in [0.05, 0.1) is 24.1 Å². The van der Waals surface area contributed by atoms with Crippen LogP contribution < -0.4 is 10.2 Å². The van der Waals surface area contributed by atoms with Gasteiger partial charge in [0.25, 0.3) is 0 Å². The predicted octanol–water partition coefficient (Wildman–Crippen LogP) is 2.97. The average Bonchev–Trinajstić information content (AvgIpc) is 2.76. The van der Waals surface area contributed by atoms with Crippen molar-refractivity contribution in [3.8, 4) is 5.88 Å². The highest BCUT2D eigenvalue weighted by Gasteiger charge is 2.34. The lowest BCUT2D eigenvalue weighted by atomic mass is 10.1. The van der Waals surface area contributed by atoms with Gasteiger partial charge in [0.1, 0.15) is 5.60 Å². The van der Waals surface area contributed by atoms with Crippen molar-refractivity contribution in [1.29, 1.82) is 0 Å². The molecule has 1 aromatic heterocycles. The summed E-state index contributed by atoms with van der Waals surface area (Å²) < 4.78 is 11.8. The van der Waals surface area contributed by atoms with Gasteiger partial charge in [-0.05, 0) is 39.0 Å². The van der Waals surface area contributed by atoms with Crippen molar-refractivity contribution in [3.05, 3.63) is 22.7 Å². The van der Waals surface area contributed by atoms with E-state index in [1.807, 2.05) is 39.0 Å². The first-order chi connectivity index (χ1) is 11.3. The number of nitrogens with zero attached hydrogens (tertiary/aromatic N) is 3. The number of nitrogens with one attached hydrogen (secondary N) is 1. The average molecular weight is 397 g/mol. The Bertz CT molecular complexity index is 763. The van der Waals surface area contributed by atoms with E-state index in [-0.39, 0.29) is 12.1 Å². The van der Waals surface area contributed by atoms with Gasteiger partial charge < -0.3 is 14.4 Å². The smallest absolute Gasteiger partial charge is 0.410 e. The molecular weight excluding hydrogens is 376 g/mol. The SMILES string of the molecule is COc1c2cc(Br)ccc2nn1NC1CN(C(=O)OC(C)(C)C)C1. The highest BCUT2D eigenvalue weighted by Crippen LogP contribution is 2.28. The number of carbonyl (C=O) groups excluding carboxylic acids is 1. The molecule has 1 N–H and O–H groups in total. The molecule has 0 aliphatic carbocycles. The lowest BCUT2D eigenvalue weighted by Gasteiger charge is -2.40. The van der Waals surface area contributed by atoms with Crippen LogP contribution in [0.4, 0.5) is 4.79 Å². The van der Waals surface area contributed by atoms with Gasteiger partial charge in [-0.2, -0.15) is 0 Å². The van der Waals surface area contributed by atoms with Crippen molar-refractivity contribution >= 4 is 32.9 Å². The first-order valence-electron chi connectivity index (χ1n) is 7.73. The quantitative estimate of drug-likeness (QED) is 0.863. The molecule has 0 radical (unpaired) electrons. The number of hydrogen-bond acceptors (Lipinski definition) is 5. The fraction of sp³-hybridized carbons (Fsp3) is 0.500. The minimum absolute atomic E-state index is 0.101. The summed E-state index contributed by atoms with van der Waals surface area (Å²) in [6.07, 6.45) is -0.290. The van der Waals surface area contributed by atoms with E-state index in [1.165, 1.54) is 0 Å². The zero-order valence-electron chi connectivity index (χ0n) is 14.2. The Labute approximate surface area is 149 Å². The van der Waals surface area contributed by atoms with Gasteiger partial charge in [0.15, 0.2) is 0 Å². The van der Waals surface area contributed by atoms with Crippen LogP contribution in [0.25, 0.3) is 10.9 Å². The van der Waals surface area contributed by atoms with Gasteiger partial charge in [-0.15, -0.1) is 9.89 Å². The van der Waals surface area contributed by atoms with E-state index < -0.39 is 5.60 Å². The molecule has 1 amide bonds. The van der Waals surface area contributed by atoms with Gasteiger partial charge in [0, 0.05) is 17.6 Å². The molecule has 1 fully saturated rings. The second-order valence-electron chi connectivity index (χ2n) is 6.79. The Morgan fingerprint density at radius 2 is 2.08 bits per heavy atom. The van der Waals surface area contributed by atoms with Crippen molar-refractivity contribution < 1.29 is 14.3 Å². The number of fused-ring (bicyclic) bond motifs is 1. The summed E-state index contributed by atoms with van der Waals surface area (Å²) >= 11 is 3.46. The van der Waals surface area contributed by atoms with Crippen molar-refractivity contribution in [2.45, 2.75) is 32.4 Å². The molecule has 2 heterocycles. The van der Waals surface area contributed by atoms with Crippen molar-refractivity contribution in [2.75, 3.05) is 25.6 Å². The van der Waals surface area contributed by atoms with E-state index in [2.05, 4.69) is 26.5 Å². The molecule has 1 aliphatic rings. The predicted molar refractivity (Wildman–Crippen MR) is 94.9 cm³/mol. The number of benzene rings is 1. The molecule has 2 aromatic rings. The molecule has 7 nitrogen and oxygen atoms in total. The number of aromatic nitrogens is 2. The number of halogens is 1. The van der Waals surface area contributed by atoms with Gasteiger partial charge in [-0.1, -0.05) is 15.9 Å². The number of hydrogen-bond donors (Lipinski definition) is 1. The fourth-order valence-corrected chi connectivity index (χ4v) is 2.89. The third-order valence-corrected chi connectivity index (χ3v) is 4.11. The maximum atomic E-state index is 12.0. The summed E-state index contributed by atoms with van der Waals surface area (Å²) in [5, 5.41) is 5.42. The van der Waals surface area contributed by atoms with Crippen molar-refractivity contribution in [1.82, 2.24) is 14.8 Å². The lowest BCUT2D eigenvalue weighted by Crippen LogP contribution is -2.59. The lowest BCUT2D eigenvalue weighted by molar-refractivity contribution is 0.00936. The maximum Gasteiger partial charge on any atom is 0.410 e. The topological polar surface area (TPSA) is 68.6 Å². The molecular formula is C16H21BrN4O3. The van der Waals surface area contributed by atoms with Crippen LogP contribution in [0.15, 0.2) is 22.7 Å². The Hall–Kier alpha value is -1.96. The number of carbonyl (C=O) groups is 1. The molecule has 130 valence electrons. The molecule has 0 spiro atoms. The molecule has 24 heavy (non-hydrogen) atoms. The number of likely N-dealkylation sites (tertiary alicyclic amines) is 1. The van der Waals surface area contributed by atoms with Crippen LogP contribution in [0, 0.1) is 0 Å².